The fraction of sp³-hybridized carbons (Fsp3) is 0.833. The van der Waals surface area contributed by atoms with Crippen LogP contribution in [0.2, 0.25) is 0 Å². The molecule has 0 aromatic heterocycles. The number of aliphatic hydroxyl groups is 7. The van der Waals surface area contributed by atoms with Crippen molar-refractivity contribution < 1.29 is 54.8 Å². The maximum Gasteiger partial charge on any atom is 0.303 e. The van der Waals surface area contributed by atoms with E-state index in [1.165, 1.54) is 27.7 Å². The molecule has 7 N–H and O–H groups in total. The zero-order chi connectivity index (χ0) is 26.9. The zero-order valence-electron chi connectivity index (χ0n) is 20.9. The van der Waals surface area contributed by atoms with Crippen LogP contribution in [0, 0.1) is 16.7 Å². The minimum atomic E-state index is -2.35. The molecule has 0 aromatic rings. The summed E-state index contributed by atoms with van der Waals surface area (Å²) >= 11 is 0. The minimum absolute atomic E-state index is 0.0131. The van der Waals surface area contributed by atoms with E-state index in [0.717, 1.165) is 13.8 Å². The third-order valence-corrected chi connectivity index (χ3v) is 8.80. The van der Waals surface area contributed by atoms with Crippen molar-refractivity contribution in [3.63, 3.8) is 0 Å². The first kappa shape index (κ1) is 28.0. The number of carbonyl (C=O) groups excluding carboxylic acids is 2. The van der Waals surface area contributed by atoms with E-state index in [1.54, 1.807) is 0 Å². The topological polar surface area (TPSA) is 194 Å². The Kier molecular flexibility index (Phi) is 7.00. The van der Waals surface area contributed by atoms with Crippen LogP contribution < -0.4 is 0 Å². The molecule has 0 bridgehead atoms. The smallest absolute Gasteiger partial charge is 0.303 e. The first-order valence-corrected chi connectivity index (χ1v) is 11.7. The molecule has 200 valence electrons. The van der Waals surface area contributed by atoms with Gasteiger partial charge in [-0.3, -0.25) is 9.59 Å². The Bertz CT molecular complexity index is 910. The molecule has 2 fully saturated rings. The standard InChI is InChI=1S/C24H38O11/c1-10-13(27)8-23(21(4,5)32)16(10)17(29)19(30)22(6)14(28)7-15(35-12(3)26)24(33,9-34-11(2)25)18(22)20(23)31/h13-15,17-20,27-33H,7-9H2,1-6H3/t13-,14-,15-,17+,18-,19-,20-,22+,23-,24-/m0/s1. The second kappa shape index (κ2) is 8.76. The van der Waals surface area contributed by atoms with Crippen LogP contribution >= 0.6 is 0 Å². The van der Waals surface area contributed by atoms with Crippen molar-refractivity contribution in [1.29, 1.82) is 0 Å². The highest BCUT2D eigenvalue weighted by Gasteiger charge is 2.74. The monoisotopic (exact) mass is 502 g/mol. The molecule has 0 unspecified atom stereocenters. The van der Waals surface area contributed by atoms with E-state index in [0.29, 0.717) is 0 Å². The molecule has 0 aliphatic heterocycles. The second-order valence-electron chi connectivity index (χ2n) is 11.1. The summed E-state index contributed by atoms with van der Waals surface area (Å²) in [5, 5.41) is 80.3. The molecule has 3 aliphatic rings. The lowest BCUT2D eigenvalue weighted by molar-refractivity contribution is -0.289. The molecule has 3 rings (SSSR count). The highest BCUT2D eigenvalue weighted by atomic mass is 16.6. The minimum Gasteiger partial charge on any atom is -0.463 e. The lowest BCUT2D eigenvalue weighted by Crippen LogP contribution is -2.73. The van der Waals surface area contributed by atoms with Crippen molar-refractivity contribution in [1.82, 2.24) is 0 Å². The molecule has 0 aromatic carbocycles. The highest BCUT2D eigenvalue weighted by molar-refractivity contribution is 5.67. The van der Waals surface area contributed by atoms with Gasteiger partial charge in [0.2, 0.25) is 0 Å². The van der Waals surface area contributed by atoms with Gasteiger partial charge in [0.05, 0.1) is 35.4 Å². The van der Waals surface area contributed by atoms with Gasteiger partial charge in [-0.15, -0.1) is 0 Å². The van der Waals surface area contributed by atoms with Crippen molar-refractivity contribution in [3.05, 3.63) is 11.1 Å². The largest absolute Gasteiger partial charge is 0.463 e. The Morgan fingerprint density at radius 3 is 2.11 bits per heavy atom. The zero-order valence-corrected chi connectivity index (χ0v) is 20.9. The Morgan fingerprint density at radius 1 is 1.06 bits per heavy atom. The van der Waals surface area contributed by atoms with Crippen LogP contribution in [0.4, 0.5) is 0 Å². The van der Waals surface area contributed by atoms with Gasteiger partial charge in [0.1, 0.15) is 24.4 Å². The molecular weight excluding hydrogens is 464 g/mol. The van der Waals surface area contributed by atoms with E-state index in [9.17, 15) is 45.3 Å². The van der Waals surface area contributed by atoms with Gasteiger partial charge < -0.3 is 45.2 Å². The van der Waals surface area contributed by atoms with Gasteiger partial charge in [0.25, 0.3) is 0 Å². The molecule has 11 nitrogen and oxygen atoms in total. The summed E-state index contributed by atoms with van der Waals surface area (Å²) in [4.78, 5) is 23.6. The summed E-state index contributed by atoms with van der Waals surface area (Å²) in [7, 11) is 0. The third kappa shape index (κ3) is 3.83. The number of hydrogen-bond donors (Lipinski definition) is 7. The van der Waals surface area contributed by atoms with Crippen molar-refractivity contribution in [2.75, 3.05) is 6.61 Å². The number of esters is 2. The number of fused-ring (bicyclic) bond motifs is 2. The Balaban J connectivity index is 2.37. The van der Waals surface area contributed by atoms with Gasteiger partial charge >= 0.3 is 11.9 Å². The summed E-state index contributed by atoms with van der Waals surface area (Å²) in [5.41, 5.74) is -7.52. The quantitative estimate of drug-likeness (QED) is 0.175. The van der Waals surface area contributed by atoms with Gasteiger partial charge in [-0.2, -0.15) is 0 Å². The molecule has 2 saturated carbocycles. The van der Waals surface area contributed by atoms with E-state index in [-0.39, 0.29) is 17.6 Å². The van der Waals surface area contributed by atoms with Crippen LogP contribution in [0.1, 0.15) is 54.4 Å². The molecule has 3 aliphatic carbocycles. The molecule has 0 heterocycles. The van der Waals surface area contributed by atoms with Crippen LogP contribution in [-0.2, 0) is 19.1 Å². The Labute approximate surface area is 204 Å². The Hall–Kier alpha value is -1.60. The summed E-state index contributed by atoms with van der Waals surface area (Å²) in [6, 6.07) is 0. The van der Waals surface area contributed by atoms with E-state index < -0.39 is 89.5 Å². The average molecular weight is 503 g/mol. The predicted molar refractivity (Wildman–Crippen MR) is 119 cm³/mol. The number of carbonyl (C=O) groups is 2. The predicted octanol–water partition coefficient (Wildman–Crippen LogP) is -1.47. The lowest BCUT2D eigenvalue weighted by atomic mass is 9.51. The number of aliphatic hydroxyl groups excluding tert-OH is 5. The van der Waals surface area contributed by atoms with Gasteiger partial charge in [-0.25, -0.2) is 0 Å². The van der Waals surface area contributed by atoms with E-state index in [1.807, 2.05) is 0 Å². The molecule has 11 heteroatoms. The molecule has 35 heavy (non-hydrogen) atoms. The van der Waals surface area contributed by atoms with Crippen LogP contribution in [0.5, 0.6) is 0 Å². The third-order valence-electron chi connectivity index (χ3n) is 8.80. The Morgan fingerprint density at radius 2 is 1.63 bits per heavy atom. The van der Waals surface area contributed by atoms with Gasteiger partial charge in [-0.05, 0) is 38.3 Å². The van der Waals surface area contributed by atoms with Crippen molar-refractivity contribution in [2.24, 2.45) is 16.7 Å². The van der Waals surface area contributed by atoms with Crippen molar-refractivity contribution in [2.45, 2.75) is 102 Å². The number of rotatable bonds is 4. The molecule has 10 atom stereocenters. The maximum absolute atomic E-state index is 12.1. The molecule has 0 saturated heterocycles. The van der Waals surface area contributed by atoms with Crippen LogP contribution in [0.25, 0.3) is 0 Å². The number of ether oxygens (including phenoxy) is 2. The van der Waals surface area contributed by atoms with E-state index in [4.69, 9.17) is 9.47 Å². The van der Waals surface area contributed by atoms with Crippen molar-refractivity contribution in [3.8, 4) is 0 Å². The molecular formula is C24H38O11. The summed E-state index contributed by atoms with van der Waals surface area (Å²) in [6.45, 7) is 7.04. The summed E-state index contributed by atoms with van der Waals surface area (Å²) < 4.78 is 10.4. The maximum atomic E-state index is 12.1. The fourth-order valence-electron chi connectivity index (χ4n) is 6.95. The lowest BCUT2D eigenvalue weighted by Gasteiger charge is -2.59. The molecule has 0 radical (unpaired) electrons. The van der Waals surface area contributed by atoms with Crippen LogP contribution in [0.15, 0.2) is 11.1 Å². The van der Waals surface area contributed by atoms with Gasteiger partial charge in [0, 0.05) is 31.6 Å². The van der Waals surface area contributed by atoms with Gasteiger partial charge in [0.15, 0.2) is 0 Å². The van der Waals surface area contributed by atoms with Gasteiger partial charge in [-0.1, -0.05) is 6.92 Å². The average Bonchev–Trinajstić information content (AvgIpc) is 2.98. The first-order valence-electron chi connectivity index (χ1n) is 11.7. The summed E-state index contributed by atoms with van der Waals surface area (Å²) in [6.07, 6.45) is -10.1. The first-order chi connectivity index (χ1) is 15.9. The summed E-state index contributed by atoms with van der Waals surface area (Å²) in [5.74, 6) is -3.18. The highest BCUT2D eigenvalue weighted by Crippen LogP contribution is 2.64. The second-order valence-corrected chi connectivity index (χ2v) is 11.1. The van der Waals surface area contributed by atoms with E-state index in [2.05, 4.69) is 0 Å². The van der Waals surface area contributed by atoms with Crippen LogP contribution in [-0.4, -0.2) is 102 Å². The van der Waals surface area contributed by atoms with Crippen LogP contribution in [0.3, 0.4) is 0 Å². The molecule has 0 spiro atoms. The normalized spacial score (nSPS) is 45.9. The number of hydrogen-bond acceptors (Lipinski definition) is 11. The SMILES string of the molecule is CC(=O)OC[C@]1(O)[C@@H](OC(C)=O)C[C@H](O)[C@]2(C)[C@@H]1[C@H](O)[C@]1(C(C)(C)O)C[C@H](O)C(C)=C1[C@@H](O)[C@@H]2O. The molecule has 0 amide bonds. The van der Waals surface area contributed by atoms with E-state index >= 15 is 0 Å². The van der Waals surface area contributed by atoms with Crippen molar-refractivity contribution >= 4 is 11.9 Å². The fourth-order valence-corrected chi connectivity index (χ4v) is 6.95.